The molecule has 4 aromatic rings. The molecule has 0 fully saturated rings. The second-order valence-corrected chi connectivity index (χ2v) is 6.67. The molecule has 0 spiro atoms. The van der Waals surface area contributed by atoms with E-state index in [1.54, 1.807) is 13.0 Å². The lowest BCUT2D eigenvalue weighted by Crippen LogP contribution is -2.25. The summed E-state index contributed by atoms with van der Waals surface area (Å²) in [5.74, 6) is 0.422. The van der Waals surface area contributed by atoms with Crippen LogP contribution in [0.5, 0.6) is 0 Å². The lowest BCUT2D eigenvalue weighted by atomic mass is 10.1. The minimum atomic E-state index is -0.138. The SMILES string of the molecule is Cc1ccc2[nH]c(C)c(CCNC(=O)c3cccc4nc(C)oc34)c2c1. The minimum absolute atomic E-state index is 0.138. The number of aromatic nitrogens is 2. The first-order valence-corrected chi connectivity index (χ1v) is 8.75. The van der Waals surface area contributed by atoms with E-state index in [4.69, 9.17) is 4.42 Å². The van der Waals surface area contributed by atoms with E-state index in [0.717, 1.165) is 17.6 Å². The third-order valence-corrected chi connectivity index (χ3v) is 4.70. The number of hydrogen-bond acceptors (Lipinski definition) is 3. The molecule has 4 rings (SSSR count). The molecule has 0 aliphatic heterocycles. The van der Waals surface area contributed by atoms with Gasteiger partial charge < -0.3 is 14.7 Å². The summed E-state index contributed by atoms with van der Waals surface area (Å²) in [6.45, 7) is 6.51. The summed E-state index contributed by atoms with van der Waals surface area (Å²) in [7, 11) is 0. The van der Waals surface area contributed by atoms with Gasteiger partial charge in [-0.3, -0.25) is 4.79 Å². The molecule has 5 heteroatoms. The van der Waals surface area contributed by atoms with E-state index in [2.05, 4.69) is 47.3 Å². The Bertz CT molecular complexity index is 1120. The van der Waals surface area contributed by atoms with Gasteiger partial charge in [0, 0.05) is 30.1 Å². The van der Waals surface area contributed by atoms with Crippen molar-refractivity contribution >= 4 is 27.9 Å². The van der Waals surface area contributed by atoms with Crippen molar-refractivity contribution in [1.29, 1.82) is 0 Å². The lowest BCUT2D eigenvalue weighted by Gasteiger charge is -2.06. The monoisotopic (exact) mass is 347 g/mol. The van der Waals surface area contributed by atoms with Crippen LogP contribution in [-0.2, 0) is 6.42 Å². The molecule has 5 nitrogen and oxygen atoms in total. The van der Waals surface area contributed by atoms with Crippen molar-refractivity contribution in [3.8, 4) is 0 Å². The fraction of sp³-hybridized carbons (Fsp3) is 0.238. The van der Waals surface area contributed by atoms with Crippen molar-refractivity contribution < 1.29 is 9.21 Å². The van der Waals surface area contributed by atoms with Gasteiger partial charge >= 0.3 is 0 Å². The largest absolute Gasteiger partial charge is 0.440 e. The molecule has 0 bridgehead atoms. The highest BCUT2D eigenvalue weighted by Gasteiger charge is 2.15. The molecule has 0 radical (unpaired) electrons. The van der Waals surface area contributed by atoms with Gasteiger partial charge in [-0.05, 0) is 50.1 Å². The Hall–Kier alpha value is -3.08. The number of H-pyrrole nitrogens is 1. The van der Waals surface area contributed by atoms with Gasteiger partial charge in [0.1, 0.15) is 5.52 Å². The first kappa shape index (κ1) is 16.4. The normalized spacial score (nSPS) is 11.3. The number of carbonyl (C=O) groups is 1. The first-order valence-electron chi connectivity index (χ1n) is 8.75. The van der Waals surface area contributed by atoms with Crippen LogP contribution in [0.4, 0.5) is 0 Å². The van der Waals surface area contributed by atoms with Crippen molar-refractivity contribution in [3.05, 3.63) is 64.7 Å². The zero-order valence-electron chi connectivity index (χ0n) is 15.1. The molecule has 132 valence electrons. The second-order valence-electron chi connectivity index (χ2n) is 6.67. The Labute approximate surface area is 151 Å². The summed E-state index contributed by atoms with van der Waals surface area (Å²) < 4.78 is 5.59. The van der Waals surface area contributed by atoms with Crippen LogP contribution in [0, 0.1) is 20.8 Å². The number of hydrogen-bond donors (Lipinski definition) is 2. The molecule has 2 N–H and O–H groups in total. The summed E-state index contributed by atoms with van der Waals surface area (Å²) in [4.78, 5) is 20.3. The number of fused-ring (bicyclic) bond motifs is 2. The van der Waals surface area contributed by atoms with Crippen LogP contribution in [0.1, 0.15) is 33.1 Å². The van der Waals surface area contributed by atoms with Crippen molar-refractivity contribution in [3.63, 3.8) is 0 Å². The van der Waals surface area contributed by atoms with Crippen LogP contribution in [0.15, 0.2) is 40.8 Å². The van der Waals surface area contributed by atoms with Crippen molar-refractivity contribution in [2.45, 2.75) is 27.2 Å². The Kier molecular flexibility index (Phi) is 3.99. The molecule has 1 amide bonds. The maximum atomic E-state index is 12.6. The molecule has 0 unspecified atom stereocenters. The summed E-state index contributed by atoms with van der Waals surface area (Å²) in [5, 5.41) is 4.23. The molecular formula is C21H21N3O2. The Morgan fingerprint density at radius 3 is 2.88 bits per heavy atom. The van der Waals surface area contributed by atoms with Crippen molar-refractivity contribution in [2.75, 3.05) is 6.54 Å². The van der Waals surface area contributed by atoms with Crippen LogP contribution in [0.3, 0.4) is 0 Å². The van der Waals surface area contributed by atoms with Crippen LogP contribution in [-0.4, -0.2) is 22.4 Å². The summed E-state index contributed by atoms with van der Waals surface area (Å²) in [5.41, 5.74) is 6.53. The second kappa shape index (κ2) is 6.33. The molecule has 2 heterocycles. The van der Waals surface area contributed by atoms with Gasteiger partial charge in [0.2, 0.25) is 0 Å². The van der Waals surface area contributed by atoms with Gasteiger partial charge in [-0.2, -0.15) is 0 Å². The molecule has 26 heavy (non-hydrogen) atoms. The summed E-state index contributed by atoms with van der Waals surface area (Å²) in [6, 6.07) is 11.8. The van der Waals surface area contributed by atoms with E-state index >= 15 is 0 Å². The van der Waals surface area contributed by atoms with Gasteiger partial charge in [0.05, 0.1) is 5.56 Å². The van der Waals surface area contributed by atoms with Crippen molar-refractivity contribution in [1.82, 2.24) is 15.3 Å². The zero-order chi connectivity index (χ0) is 18.3. The van der Waals surface area contributed by atoms with E-state index in [0.29, 0.717) is 29.1 Å². The number of para-hydroxylation sites is 1. The number of amides is 1. The van der Waals surface area contributed by atoms with E-state index in [1.807, 2.05) is 12.1 Å². The maximum absolute atomic E-state index is 12.6. The highest BCUT2D eigenvalue weighted by atomic mass is 16.3. The molecule has 0 aliphatic rings. The van der Waals surface area contributed by atoms with Crippen LogP contribution in [0.2, 0.25) is 0 Å². The van der Waals surface area contributed by atoms with Gasteiger partial charge in [0.25, 0.3) is 5.91 Å². The highest BCUT2D eigenvalue weighted by Crippen LogP contribution is 2.24. The molecular weight excluding hydrogens is 326 g/mol. The smallest absolute Gasteiger partial charge is 0.255 e. The Morgan fingerprint density at radius 1 is 1.19 bits per heavy atom. The topological polar surface area (TPSA) is 70.9 Å². The number of benzene rings is 2. The third kappa shape index (κ3) is 2.86. The number of aryl methyl sites for hydroxylation is 3. The molecule has 0 aliphatic carbocycles. The molecule has 2 aromatic carbocycles. The van der Waals surface area contributed by atoms with Crippen LogP contribution in [0.25, 0.3) is 22.0 Å². The van der Waals surface area contributed by atoms with E-state index in [1.165, 1.54) is 16.5 Å². The fourth-order valence-electron chi connectivity index (χ4n) is 3.45. The third-order valence-electron chi connectivity index (χ3n) is 4.70. The average Bonchev–Trinajstić information content (AvgIpc) is 3.13. The predicted octanol–water partition coefficient (Wildman–Crippen LogP) is 4.21. The van der Waals surface area contributed by atoms with Crippen LogP contribution >= 0.6 is 0 Å². The fourth-order valence-corrected chi connectivity index (χ4v) is 3.45. The molecule has 0 atom stereocenters. The number of nitrogens with zero attached hydrogens (tertiary/aromatic N) is 1. The molecule has 2 aromatic heterocycles. The number of rotatable bonds is 4. The quantitative estimate of drug-likeness (QED) is 0.581. The minimum Gasteiger partial charge on any atom is -0.440 e. The summed E-state index contributed by atoms with van der Waals surface area (Å²) in [6.07, 6.45) is 0.770. The van der Waals surface area contributed by atoms with Gasteiger partial charge in [-0.25, -0.2) is 4.98 Å². The predicted molar refractivity (Wildman–Crippen MR) is 103 cm³/mol. The summed E-state index contributed by atoms with van der Waals surface area (Å²) >= 11 is 0. The van der Waals surface area contributed by atoms with Gasteiger partial charge in [0.15, 0.2) is 11.5 Å². The number of nitrogens with one attached hydrogen (secondary N) is 2. The van der Waals surface area contributed by atoms with E-state index in [-0.39, 0.29) is 5.91 Å². The lowest BCUT2D eigenvalue weighted by molar-refractivity contribution is 0.0955. The van der Waals surface area contributed by atoms with E-state index < -0.39 is 0 Å². The highest BCUT2D eigenvalue weighted by molar-refractivity contribution is 6.04. The number of carbonyl (C=O) groups excluding carboxylic acids is 1. The molecule has 0 saturated heterocycles. The van der Waals surface area contributed by atoms with E-state index in [9.17, 15) is 4.79 Å². The van der Waals surface area contributed by atoms with Gasteiger partial charge in [-0.1, -0.05) is 17.7 Å². The Balaban J connectivity index is 1.52. The zero-order valence-corrected chi connectivity index (χ0v) is 15.1. The van der Waals surface area contributed by atoms with Crippen LogP contribution < -0.4 is 5.32 Å². The average molecular weight is 347 g/mol. The standard InChI is InChI=1S/C21H21N3O2/c1-12-7-8-18-17(11-12)15(13(2)23-18)9-10-22-21(25)16-5-4-6-19-20(16)26-14(3)24-19/h4-8,11,23H,9-10H2,1-3H3,(H,22,25). The van der Waals surface area contributed by atoms with Gasteiger partial charge in [-0.15, -0.1) is 0 Å². The number of oxazole rings is 1. The molecule has 0 saturated carbocycles. The first-order chi connectivity index (χ1) is 12.5. The number of aromatic amines is 1. The van der Waals surface area contributed by atoms with Crippen molar-refractivity contribution in [2.24, 2.45) is 0 Å². The Morgan fingerprint density at radius 2 is 2.04 bits per heavy atom. The maximum Gasteiger partial charge on any atom is 0.255 e.